The molecule has 2 aliphatic carbocycles. The molecular formula is C24H39N3O7. The van der Waals surface area contributed by atoms with Crippen molar-refractivity contribution in [2.45, 2.75) is 98.1 Å². The summed E-state index contributed by atoms with van der Waals surface area (Å²) in [5, 5.41) is 12.2. The predicted octanol–water partition coefficient (Wildman–Crippen LogP) is 4.30. The van der Waals surface area contributed by atoms with E-state index in [0.29, 0.717) is 5.88 Å². The maximum Gasteiger partial charge on any atom is 0.435 e. The van der Waals surface area contributed by atoms with Gasteiger partial charge in [-0.2, -0.15) is 4.68 Å². The van der Waals surface area contributed by atoms with Gasteiger partial charge in [-0.25, -0.2) is 9.59 Å². The molecule has 4 rings (SSSR count). The molecule has 0 spiro atoms. The number of nitrogens with zero attached hydrogens (tertiary/aromatic N) is 3. The number of amides is 1. The molecule has 0 bridgehead atoms. The summed E-state index contributed by atoms with van der Waals surface area (Å²) in [7, 11) is 0. The van der Waals surface area contributed by atoms with Crippen LogP contribution in [0.25, 0.3) is 0 Å². The first-order valence-electron chi connectivity index (χ1n) is 11.1. The van der Waals surface area contributed by atoms with Gasteiger partial charge in [0.15, 0.2) is 5.78 Å². The first-order valence-corrected chi connectivity index (χ1v) is 11.1. The van der Waals surface area contributed by atoms with Crippen molar-refractivity contribution in [1.82, 2.24) is 14.7 Å². The highest BCUT2D eigenvalue weighted by atomic mass is 16.6. The maximum absolute atomic E-state index is 11.6. The van der Waals surface area contributed by atoms with Crippen LogP contribution in [0.3, 0.4) is 0 Å². The lowest BCUT2D eigenvalue weighted by Gasteiger charge is -2.22. The molecule has 10 nitrogen and oxygen atoms in total. The average molecular weight is 482 g/mol. The van der Waals surface area contributed by atoms with Gasteiger partial charge in [-0.05, 0) is 73.3 Å². The van der Waals surface area contributed by atoms with Gasteiger partial charge in [-0.15, -0.1) is 5.10 Å². The second-order valence-electron chi connectivity index (χ2n) is 10.0. The smallest absolute Gasteiger partial charge is 0.435 e. The minimum Gasteiger partial charge on any atom is -0.473 e. The van der Waals surface area contributed by atoms with Crippen LogP contribution in [0.4, 0.5) is 9.59 Å². The van der Waals surface area contributed by atoms with E-state index in [2.05, 4.69) is 5.10 Å². The van der Waals surface area contributed by atoms with Gasteiger partial charge in [-0.3, -0.25) is 9.69 Å². The minimum absolute atomic E-state index is 0. The van der Waals surface area contributed by atoms with Crippen LogP contribution in [0.1, 0.15) is 74.7 Å². The molecule has 0 saturated heterocycles. The number of hydrogen-bond donors (Lipinski definition) is 1. The normalized spacial score (nSPS) is 16.9. The number of ketones is 1. The molecule has 0 radical (unpaired) electrons. The van der Waals surface area contributed by atoms with Crippen molar-refractivity contribution in [3.8, 4) is 5.88 Å². The highest BCUT2D eigenvalue weighted by Crippen LogP contribution is 2.25. The lowest BCUT2D eigenvalue weighted by atomic mass is 10.2. The highest BCUT2D eigenvalue weighted by Gasteiger charge is 2.26. The van der Waals surface area contributed by atoms with Gasteiger partial charge in [0.1, 0.15) is 17.3 Å². The monoisotopic (exact) mass is 481 g/mol. The topological polar surface area (TPSA) is 120 Å². The molecule has 2 fully saturated rings. The maximum atomic E-state index is 11.6. The van der Waals surface area contributed by atoms with Crippen molar-refractivity contribution < 1.29 is 33.7 Å². The van der Waals surface area contributed by atoms with E-state index in [-0.39, 0.29) is 32.0 Å². The Morgan fingerprint density at radius 3 is 1.94 bits per heavy atom. The van der Waals surface area contributed by atoms with E-state index in [1.54, 1.807) is 33.0 Å². The predicted molar refractivity (Wildman–Crippen MR) is 127 cm³/mol. The van der Waals surface area contributed by atoms with E-state index in [0.717, 1.165) is 30.4 Å². The first-order chi connectivity index (χ1) is 15.2. The summed E-state index contributed by atoms with van der Waals surface area (Å²) in [6, 6.07) is 1.67. The van der Waals surface area contributed by atoms with Gasteiger partial charge < -0.3 is 19.3 Å². The van der Waals surface area contributed by atoms with Crippen LogP contribution in [0.5, 0.6) is 5.88 Å². The molecule has 192 valence electrons. The van der Waals surface area contributed by atoms with Crippen molar-refractivity contribution in [3.63, 3.8) is 0 Å². The molecule has 10 heteroatoms. The summed E-state index contributed by atoms with van der Waals surface area (Å²) < 4.78 is 16.8. The van der Waals surface area contributed by atoms with Gasteiger partial charge in [0.2, 0.25) is 5.88 Å². The number of carbonyl (C=O) groups is 3. The van der Waals surface area contributed by atoms with Crippen LogP contribution in [0.15, 0.2) is 24.5 Å². The highest BCUT2D eigenvalue weighted by molar-refractivity contribution is 5.96. The summed E-state index contributed by atoms with van der Waals surface area (Å²) in [5.74, 6) is 0.402. The van der Waals surface area contributed by atoms with E-state index in [4.69, 9.17) is 19.3 Å². The molecule has 1 aromatic rings. The average Bonchev–Trinajstić information content (AvgIpc) is 3.54. The van der Waals surface area contributed by atoms with Crippen LogP contribution in [0, 0.1) is 0 Å². The van der Waals surface area contributed by atoms with Crippen molar-refractivity contribution >= 4 is 18.0 Å². The third-order valence-corrected chi connectivity index (χ3v) is 3.90. The summed E-state index contributed by atoms with van der Waals surface area (Å²) in [6.07, 6.45) is 7.97. The minimum atomic E-state index is -0.517. The SMILES string of the molecule is C.CC(C)(C)OC(=O)N1C=CC(=O)C1.CC(C)(C)OC(=O)n1ccc(OC2CC2)n1.OC1CC1. The molecule has 3 aliphatic rings. The Labute approximate surface area is 201 Å². The van der Waals surface area contributed by atoms with Crippen molar-refractivity contribution in [1.29, 1.82) is 0 Å². The van der Waals surface area contributed by atoms with Crippen molar-refractivity contribution in [2.75, 3.05) is 6.54 Å². The van der Waals surface area contributed by atoms with Gasteiger partial charge in [-0.1, -0.05) is 7.43 Å². The Morgan fingerprint density at radius 1 is 1.00 bits per heavy atom. The number of ether oxygens (including phenoxy) is 3. The summed E-state index contributed by atoms with van der Waals surface area (Å²) in [5.41, 5.74) is -1.03. The molecule has 1 aliphatic heterocycles. The van der Waals surface area contributed by atoms with Gasteiger partial charge in [0.25, 0.3) is 0 Å². The molecule has 0 atom stereocenters. The largest absolute Gasteiger partial charge is 0.473 e. The molecule has 2 saturated carbocycles. The lowest BCUT2D eigenvalue weighted by molar-refractivity contribution is -0.114. The van der Waals surface area contributed by atoms with E-state index in [9.17, 15) is 14.4 Å². The number of aliphatic hydroxyl groups excluding tert-OH is 1. The second kappa shape index (κ2) is 12.0. The van der Waals surface area contributed by atoms with E-state index in [1.165, 1.54) is 17.2 Å². The summed E-state index contributed by atoms with van der Waals surface area (Å²) >= 11 is 0. The molecule has 2 heterocycles. The molecule has 1 aromatic heterocycles. The zero-order valence-corrected chi connectivity index (χ0v) is 20.2. The van der Waals surface area contributed by atoms with Crippen LogP contribution >= 0.6 is 0 Å². The van der Waals surface area contributed by atoms with E-state index >= 15 is 0 Å². The third kappa shape index (κ3) is 12.4. The lowest BCUT2D eigenvalue weighted by Crippen LogP contribution is -2.33. The van der Waals surface area contributed by atoms with Gasteiger partial charge >= 0.3 is 12.2 Å². The van der Waals surface area contributed by atoms with Gasteiger partial charge in [0.05, 0.1) is 12.6 Å². The standard InChI is InChI=1S/C11H16N2O3.C9H13NO3.C3H6O.CH4/c1-11(2,3)16-10(14)13-7-6-9(12-13)15-8-4-5-8;1-9(2,3)13-8(12)10-5-4-7(11)6-10;4-3-1-2-3;/h6-8H,4-5H2,1-3H3;4-5H,6H2,1-3H3;3-4H,1-2H2;1H4. The molecule has 1 amide bonds. The quantitative estimate of drug-likeness (QED) is 0.664. The Bertz CT molecular complexity index is 857. The van der Waals surface area contributed by atoms with Crippen molar-refractivity contribution in [2.24, 2.45) is 0 Å². The number of aromatic nitrogens is 2. The third-order valence-electron chi connectivity index (χ3n) is 3.90. The van der Waals surface area contributed by atoms with Crippen LogP contribution in [-0.2, 0) is 14.3 Å². The zero-order valence-electron chi connectivity index (χ0n) is 20.2. The van der Waals surface area contributed by atoms with Crippen molar-refractivity contribution in [3.05, 3.63) is 24.5 Å². The van der Waals surface area contributed by atoms with Crippen LogP contribution in [-0.4, -0.2) is 67.7 Å². The Hall–Kier alpha value is -2.88. The van der Waals surface area contributed by atoms with Gasteiger partial charge in [0, 0.05) is 18.5 Å². The van der Waals surface area contributed by atoms with Crippen LogP contribution in [0.2, 0.25) is 0 Å². The Morgan fingerprint density at radius 2 is 1.53 bits per heavy atom. The Kier molecular flexibility index (Phi) is 10.3. The number of carbonyl (C=O) groups excluding carboxylic acids is 3. The van der Waals surface area contributed by atoms with Crippen LogP contribution < -0.4 is 4.74 Å². The first kappa shape index (κ1) is 29.2. The molecule has 0 unspecified atom stereocenters. The summed E-state index contributed by atoms with van der Waals surface area (Å²) in [6.45, 7) is 10.9. The molecule has 1 N–H and O–H groups in total. The van der Waals surface area contributed by atoms with E-state index in [1.807, 2.05) is 20.8 Å². The molecular weight excluding hydrogens is 442 g/mol. The number of aliphatic hydroxyl groups is 1. The van der Waals surface area contributed by atoms with E-state index < -0.39 is 23.4 Å². The Balaban J connectivity index is 0.000000288. The molecule has 34 heavy (non-hydrogen) atoms. The molecule has 0 aromatic carbocycles. The second-order valence-corrected chi connectivity index (χ2v) is 10.0. The number of rotatable bonds is 2. The fourth-order valence-electron chi connectivity index (χ4n) is 2.10. The number of hydrogen-bond acceptors (Lipinski definition) is 8. The fourth-order valence-corrected chi connectivity index (χ4v) is 2.10. The zero-order chi connectivity index (χ0) is 24.8. The summed E-state index contributed by atoms with van der Waals surface area (Å²) in [4.78, 5) is 34.9. The fraction of sp³-hybridized carbons (Fsp3) is 0.667.